The third-order valence-corrected chi connectivity index (χ3v) is 2.97. The molecule has 1 aromatic rings. The topological polar surface area (TPSA) is 26.3 Å². The van der Waals surface area contributed by atoms with E-state index in [1.165, 1.54) is 0 Å². The second kappa shape index (κ2) is 4.53. The fourth-order valence-electron chi connectivity index (χ4n) is 1.07. The van der Waals surface area contributed by atoms with Crippen molar-refractivity contribution in [1.29, 1.82) is 0 Å². The van der Waals surface area contributed by atoms with Gasteiger partial charge in [0.1, 0.15) is 0 Å². The second-order valence-corrected chi connectivity index (χ2v) is 4.28. The van der Waals surface area contributed by atoms with Gasteiger partial charge in [-0.15, -0.1) is 0 Å². The monoisotopic (exact) mass is 198 g/mol. The molecule has 0 radical (unpaired) electrons. The van der Waals surface area contributed by atoms with Crippen LogP contribution in [0.2, 0.25) is 0 Å². The Hall–Kier alpha value is -0.670. The maximum absolute atomic E-state index is 11.1. The van der Waals surface area contributed by atoms with Crippen LogP contribution >= 0.6 is 0 Å². The Balaban J connectivity index is 2.87. The van der Waals surface area contributed by atoms with Crippen molar-refractivity contribution >= 4 is 10.8 Å². The van der Waals surface area contributed by atoms with Gasteiger partial charge in [0.05, 0.1) is 6.10 Å². The highest BCUT2D eigenvalue weighted by Crippen LogP contribution is 2.16. The highest BCUT2D eigenvalue weighted by Gasteiger charge is 2.03. The summed E-state index contributed by atoms with van der Waals surface area (Å²) in [5, 5.41) is 0. The molecule has 0 aliphatic rings. The van der Waals surface area contributed by atoms with Crippen LogP contribution in [0.4, 0.5) is 0 Å². The Morgan fingerprint density at radius 3 is 2.23 bits per heavy atom. The van der Waals surface area contributed by atoms with Crippen LogP contribution in [0.25, 0.3) is 0 Å². The molecular weight excluding hydrogens is 184 g/mol. The fourth-order valence-corrected chi connectivity index (χ4v) is 1.59. The number of rotatable bonds is 3. The molecule has 0 spiro atoms. The van der Waals surface area contributed by atoms with Crippen molar-refractivity contribution < 1.29 is 8.95 Å². The van der Waals surface area contributed by atoms with Gasteiger partial charge in [-0.2, -0.15) is 0 Å². The molecule has 0 bridgehead atoms. The van der Waals surface area contributed by atoms with Gasteiger partial charge in [0, 0.05) is 29.1 Å². The van der Waals surface area contributed by atoms with Crippen LogP contribution in [-0.4, -0.2) is 17.6 Å². The van der Waals surface area contributed by atoms with Crippen LogP contribution in [0.15, 0.2) is 29.2 Å². The summed E-state index contributed by atoms with van der Waals surface area (Å²) in [6, 6.07) is 7.65. The summed E-state index contributed by atoms with van der Waals surface area (Å²) in [6.45, 7) is 1.98. The molecule has 0 amide bonds. The molecule has 0 aliphatic heterocycles. The molecule has 0 aliphatic carbocycles. The van der Waals surface area contributed by atoms with E-state index in [2.05, 4.69) is 0 Å². The molecule has 0 N–H and O–H groups in total. The third-order valence-electron chi connectivity index (χ3n) is 2.03. The first-order valence-corrected chi connectivity index (χ1v) is 5.67. The molecule has 0 fully saturated rings. The van der Waals surface area contributed by atoms with Crippen molar-refractivity contribution in [2.45, 2.75) is 17.9 Å². The van der Waals surface area contributed by atoms with Gasteiger partial charge in [-0.05, 0) is 24.6 Å². The number of benzene rings is 1. The fraction of sp³-hybridized carbons (Fsp3) is 0.400. The maximum atomic E-state index is 11.1. The third kappa shape index (κ3) is 2.64. The molecule has 0 saturated heterocycles. The van der Waals surface area contributed by atoms with Gasteiger partial charge >= 0.3 is 0 Å². The lowest BCUT2D eigenvalue weighted by Gasteiger charge is -2.09. The van der Waals surface area contributed by atoms with Crippen molar-refractivity contribution in [3.8, 4) is 0 Å². The van der Waals surface area contributed by atoms with Gasteiger partial charge in [-0.1, -0.05) is 12.1 Å². The number of hydrogen-bond donors (Lipinski definition) is 0. The second-order valence-electron chi connectivity index (χ2n) is 2.90. The quantitative estimate of drug-likeness (QED) is 0.743. The first-order valence-electron chi connectivity index (χ1n) is 4.11. The molecule has 0 aromatic heterocycles. The van der Waals surface area contributed by atoms with Gasteiger partial charge in [-0.25, -0.2) is 0 Å². The average molecular weight is 198 g/mol. The minimum atomic E-state index is -0.893. The Morgan fingerprint density at radius 1 is 1.31 bits per heavy atom. The van der Waals surface area contributed by atoms with E-state index in [1.807, 2.05) is 31.2 Å². The maximum Gasteiger partial charge on any atom is 0.0793 e. The molecule has 1 rings (SSSR count). The van der Waals surface area contributed by atoms with Crippen molar-refractivity contribution in [1.82, 2.24) is 0 Å². The zero-order valence-electron chi connectivity index (χ0n) is 8.11. The van der Waals surface area contributed by atoms with Crippen molar-refractivity contribution in [2.24, 2.45) is 0 Å². The molecule has 13 heavy (non-hydrogen) atoms. The molecule has 2 unspecified atom stereocenters. The lowest BCUT2D eigenvalue weighted by Crippen LogP contribution is -1.96. The molecule has 72 valence electrons. The standard InChI is InChI=1S/C10H14O2S/c1-8(12-2)9-4-6-10(7-5-9)13(3)11/h4-8H,1-3H3. The van der Waals surface area contributed by atoms with E-state index in [0.29, 0.717) is 0 Å². The van der Waals surface area contributed by atoms with E-state index in [9.17, 15) is 4.21 Å². The van der Waals surface area contributed by atoms with Gasteiger partial charge in [-0.3, -0.25) is 4.21 Å². The van der Waals surface area contributed by atoms with Crippen molar-refractivity contribution in [3.05, 3.63) is 29.8 Å². The first kappa shape index (κ1) is 10.4. The molecule has 2 atom stereocenters. The normalized spacial score (nSPS) is 15.3. The predicted molar refractivity (Wildman–Crippen MR) is 54.2 cm³/mol. The van der Waals surface area contributed by atoms with Crippen LogP contribution in [0.1, 0.15) is 18.6 Å². The Morgan fingerprint density at radius 2 is 1.85 bits per heavy atom. The van der Waals surface area contributed by atoms with Gasteiger partial charge in [0.15, 0.2) is 0 Å². The summed E-state index contributed by atoms with van der Waals surface area (Å²) < 4.78 is 16.2. The van der Waals surface area contributed by atoms with Gasteiger partial charge in [0.2, 0.25) is 0 Å². The Kier molecular flexibility index (Phi) is 3.63. The summed E-state index contributed by atoms with van der Waals surface area (Å²) in [5.74, 6) is 0. The van der Waals surface area contributed by atoms with Crippen molar-refractivity contribution in [2.75, 3.05) is 13.4 Å². The summed E-state index contributed by atoms with van der Waals surface area (Å²) in [5.41, 5.74) is 1.11. The van der Waals surface area contributed by atoms with E-state index < -0.39 is 10.8 Å². The average Bonchev–Trinajstić information content (AvgIpc) is 2.17. The summed E-state index contributed by atoms with van der Waals surface area (Å²) in [6.07, 6.45) is 1.77. The highest BCUT2D eigenvalue weighted by atomic mass is 32.2. The van der Waals surface area contributed by atoms with Crippen molar-refractivity contribution in [3.63, 3.8) is 0 Å². The van der Waals surface area contributed by atoms with Crippen LogP contribution < -0.4 is 0 Å². The van der Waals surface area contributed by atoms with E-state index >= 15 is 0 Å². The number of methoxy groups -OCH3 is 1. The van der Waals surface area contributed by atoms with E-state index in [1.54, 1.807) is 13.4 Å². The Bertz CT molecular complexity index is 292. The van der Waals surface area contributed by atoms with Crippen LogP contribution in [0.3, 0.4) is 0 Å². The molecule has 2 nitrogen and oxygen atoms in total. The van der Waals surface area contributed by atoms with Gasteiger partial charge < -0.3 is 4.74 Å². The highest BCUT2D eigenvalue weighted by molar-refractivity contribution is 7.84. The lowest BCUT2D eigenvalue weighted by atomic mass is 10.1. The lowest BCUT2D eigenvalue weighted by molar-refractivity contribution is 0.119. The molecule has 1 aromatic carbocycles. The first-order chi connectivity index (χ1) is 6.15. The SMILES string of the molecule is COC(C)c1ccc(S(C)=O)cc1. The smallest absolute Gasteiger partial charge is 0.0793 e. The van der Waals surface area contributed by atoms with Crippen LogP contribution in [-0.2, 0) is 15.5 Å². The molecule has 3 heteroatoms. The van der Waals surface area contributed by atoms with E-state index in [4.69, 9.17) is 4.74 Å². The van der Waals surface area contributed by atoms with E-state index in [0.717, 1.165) is 10.5 Å². The molecular formula is C10H14O2S. The number of hydrogen-bond acceptors (Lipinski definition) is 2. The van der Waals surface area contributed by atoms with Crippen LogP contribution in [0.5, 0.6) is 0 Å². The van der Waals surface area contributed by atoms with Crippen LogP contribution in [0, 0.1) is 0 Å². The van der Waals surface area contributed by atoms with E-state index in [-0.39, 0.29) is 6.10 Å². The summed E-state index contributed by atoms with van der Waals surface area (Å²) in [4.78, 5) is 0.854. The largest absolute Gasteiger partial charge is 0.377 e. The molecule has 0 saturated carbocycles. The predicted octanol–water partition coefficient (Wildman–Crippen LogP) is 2.13. The zero-order chi connectivity index (χ0) is 9.84. The summed E-state index contributed by atoms with van der Waals surface area (Å²) in [7, 11) is 0.784. The van der Waals surface area contributed by atoms with Gasteiger partial charge in [0.25, 0.3) is 0 Å². The Labute approximate surface area is 81.4 Å². The number of ether oxygens (including phenoxy) is 1. The molecule has 0 heterocycles. The zero-order valence-corrected chi connectivity index (χ0v) is 8.93. The minimum absolute atomic E-state index is 0.0966. The summed E-state index contributed by atoms with van der Waals surface area (Å²) >= 11 is 0. The minimum Gasteiger partial charge on any atom is -0.377 e.